The number of nitrogens with zero attached hydrogens (tertiary/aromatic N) is 2. The van der Waals surface area contributed by atoms with Crippen LogP contribution in [0.25, 0.3) is 0 Å². The molecule has 5 heteroatoms. The zero-order chi connectivity index (χ0) is 11.7. The third-order valence-electron chi connectivity index (χ3n) is 2.91. The molecule has 0 aliphatic heterocycles. The SMILES string of the molecule is Cc1nc(Cl)c(NCC(O)C2CC2)nc1C. The normalized spacial score (nSPS) is 17.2. The molecule has 0 spiro atoms. The van der Waals surface area contributed by atoms with Crippen LogP contribution in [0, 0.1) is 19.8 Å². The van der Waals surface area contributed by atoms with Crippen LogP contribution in [0.1, 0.15) is 24.2 Å². The highest BCUT2D eigenvalue weighted by atomic mass is 35.5. The number of aliphatic hydroxyl groups excluding tert-OH is 1. The monoisotopic (exact) mass is 241 g/mol. The predicted molar refractivity (Wildman–Crippen MR) is 63.7 cm³/mol. The molecule has 1 fully saturated rings. The van der Waals surface area contributed by atoms with E-state index < -0.39 is 0 Å². The Morgan fingerprint density at radius 2 is 2.00 bits per heavy atom. The standard InChI is InChI=1S/C11H16ClN3O/c1-6-7(2)15-11(10(12)14-6)13-5-9(16)8-3-4-8/h8-9,16H,3-5H2,1-2H3,(H,13,15). The van der Waals surface area contributed by atoms with E-state index in [-0.39, 0.29) is 6.10 Å². The number of halogens is 1. The summed E-state index contributed by atoms with van der Waals surface area (Å²) in [4.78, 5) is 8.48. The molecule has 16 heavy (non-hydrogen) atoms. The quantitative estimate of drug-likeness (QED) is 0.846. The number of hydrogen-bond donors (Lipinski definition) is 2. The summed E-state index contributed by atoms with van der Waals surface area (Å²) < 4.78 is 0. The summed E-state index contributed by atoms with van der Waals surface area (Å²) in [7, 11) is 0. The number of rotatable bonds is 4. The minimum atomic E-state index is -0.306. The Labute approximate surface area is 100 Å². The van der Waals surface area contributed by atoms with Gasteiger partial charge in [-0.2, -0.15) is 0 Å². The van der Waals surface area contributed by atoms with E-state index in [0.717, 1.165) is 24.2 Å². The van der Waals surface area contributed by atoms with E-state index in [1.807, 2.05) is 13.8 Å². The Balaban J connectivity index is 2.00. The van der Waals surface area contributed by atoms with Crippen LogP contribution in [-0.2, 0) is 0 Å². The molecule has 1 heterocycles. The topological polar surface area (TPSA) is 58.0 Å². The van der Waals surface area contributed by atoms with Gasteiger partial charge in [0.25, 0.3) is 0 Å². The molecule has 88 valence electrons. The lowest BCUT2D eigenvalue weighted by Gasteiger charge is -2.12. The smallest absolute Gasteiger partial charge is 0.171 e. The van der Waals surface area contributed by atoms with Crippen molar-refractivity contribution in [3.8, 4) is 0 Å². The highest BCUT2D eigenvalue weighted by Gasteiger charge is 2.29. The first-order valence-corrected chi connectivity index (χ1v) is 5.88. The molecule has 0 radical (unpaired) electrons. The van der Waals surface area contributed by atoms with E-state index >= 15 is 0 Å². The van der Waals surface area contributed by atoms with Crippen LogP contribution < -0.4 is 5.32 Å². The number of aryl methyl sites for hydroxylation is 2. The fraction of sp³-hybridized carbons (Fsp3) is 0.636. The molecule has 0 saturated heterocycles. The molecular weight excluding hydrogens is 226 g/mol. The summed E-state index contributed by atoms with van der Waals surface area (Å²) in [6, 6.07) is 0. The molecule has 1 atom stereocenters. The summed E-state index contributed by atoms with van der Waals surface area (Å²) >= 11 is 5.96. The van der Waals surface area contributed by atoms with E-state index in [9.17, 15) is 5.11 Å². The molecule has 0 amide bonds. The average Bonchev–Trinajstić information content (AvgIpc) is 3.04. The molecule has 1 saturated carbocycles. The number of hydrogen-bond acceptors (Lipinski definition) is 4. The minimum absolute atomic E-state index is 0.306. The van der Waals surface area contributed by atoms with Gasteiger partial charge < -0.3 is 10.4 Å². The third kappa shape index (κ3) is 2.62. The van der Waals surface area contributed by atoms with Crippen LogP contribution in [0.4, 0.5) is 5.82 Å². The van der Waals surface area contributed by atoms with Gasteiger partial charge in [-0.05, 0) is 32.6 Å². The molecule has 0 bridgehead atoms. The first-order valence-electron chi connectivity index (χ1n) is 5.50. The summed E-state index contributed by atoms with van der Waals surface area (Å²) in [6.45, 7) is 4.25. The van der Waals surface area contributed by atoms with Crippen molar-refractivity contribution in [3.05, 3.63) is 16.5 Å². The summed E-state index contributed by atoms with van der Waals surface area (Å²) in [5.74, 6) is 1.01. The van der Waals surface area contributed by atoms with Crippen LogP contribution in [0.2, 0.25) is 5.15 Å². The number of aliphatic hydroxyl groups is 1. The lowest BCUT2D eigenvalue weighted by Crippen LogP contribution is -2.22. The first-order chi connectivity index (χ1) is 7.58. The largest absolute Gasteiger partial charge is 0.391 e. The van der Waals surface area contributed by atoms with Gasteiger partial charge in [-0.15, -0.1) is 0 Å². The Morgan fingerprint density at radius 3 is 2.62 bits per heavy atom. The fourth-order valence-electron chi connectivity index (χ4n) is 1.54. The zero-order valence-corrected chi connectivity index (χ0v) is 10.3. The summed E-state index contributed by atoms with van der Waals surface area (Å²) in [5.41, 5.74) is 1.69. The van der Waals surface area contributed by atoms with Gasteiger partial charge in [-0.25, -0.2) is 9.97 Å². The minimum Gasteiger partial charge on any atom is -0.391 e. The number of nitrogens with one attached hydrogen (secondary N) is 1. The van der Waals surface area contributed by atoms with E-state index in [0.29, 0.717) is 23.4 Å². The van der Waals surface area contributed by atoms with Crippen LogP contribution in [0.5, 0.6) is 0 Å². The highest BCUT2D eigenvalue weighted by Crippen LogP contribution is 2.32. The lowest BCUT2D eigenvalue weighted by atomic mass is 10.2. The van der Waals surface area contributed by atoms with Gasteiger partial charge in [0.2, 0.25) is 0 Å². The molecule has 1 unspecified atom stereocenters. The highest BCUT2D eigenvalue weighted by molar-refractivity contribution is 6.31. The van der Waals surface area contributed by atoms with E-state index in [1.165, 1.54) is 0 Å². The summed E-state index contributed by atoms with van der Waals surface area (Å²) in [5, 5.41) is 13.1. The van der Waals surface area contributed by atoms with Crippen molar-refractivity contribution in [1.82, 2.24) is 9.97 Å². The van der Waals surface area contributed by atoms with Gasteiger partial charge >= 0.3 is 0 Å². The molecule has 2 rings (SSSR count). The molecule has 1 aliphatic carbocycles. The van der Waals surface area contributed by atoms with Gasteiger partial charge in [-0.3, -0.25) is 0 Å². The lowest BCUT2D eigenvalue weighted by molar-refractivity contribution is 0.164. The summed E-state index contributed by atoms with van der Waals surface area (Å²) in [6.07, 6.45) is 1.93. The number of anilines is 1. The van der Waals surface area contributed by atoms with Crippen molar-refractivity contribution in [3.63, 3.8) is 0 Å². The van der Waals surface area contributed by atoms with Crippen LogP contribution in [-0.4, -0.2) is 27.7 Å². The maximum Gasteiger partial charge on any atom is 0.171 e. The Kier molecular flexibility index (Phi) is 3.30. The molecular formula is C11H16ClN3O. The van der Waals surface area contributed by atoms with Crippen molar-refractivity contribution >= 4 is 17.4 Å². The maximum absolute atomic E-state index is 9.71. The Morgan fingerprint density at radius 1 is 1.38 bits per heavy atom. The number of aromatic nitrogens is 2. The second-order valence-electron chi connectivity index (χ2n) is 4.32. The molecule has 1 aliphatic rings. The van der Waals surface area contributed by atoms with E-state index in [1.54, 1.807) is 0 Å². The van der Waals surface area contributed by atoms with Crippen LogP contribution >= 0.6 is 11.6 Å². The molecule has 2 N–H and O–H groups in total. The van der Waals surface area contributed by atoms with Crippen molar-refractivity contribution in [2.24, 2.45) is 5.92 Å². The van der Waals surface area contributed by atoms with Gasteiger partial charge in [0.15, 0.2) is 11.0 Å². The second-order valence-corrected chi connectivity index (χ2v) is 4.68. The van der Waals surface area contributed by atoms with Crippen LogP contribution in [0.3, 0.4) is 0 Å². The third-order valence-corrected chi connectivity index (χ3v) is 3.17. The molecule has 1 aromatic heterocycles. The van der Waals surface area contributed by atoms with Gasteiger partial charge in [0.05, 0.1) is 17.5 Å². The van der Waals surface area contributed by atoms with Crippen molar-refractivity contribution in [2.75, 3.05) is 11.9 Å². The van der Waals surface area contributed by atoms with Crippen molar-refractivity contribution < 1.29 is 5.11 Å². The maximum atomic E-state index is 9.71. The molecule has 0 aromatic carbocycles. The zero-order valence-electron chi connectivity index (χ0n) is 9.50. The Hall–Kier alpha value is -0.870. The van der Waals surface area contributed by atoms with Gasteiger partial charge in [0, 0.05) is 6.54 Å². The fourth-order valence-corrected chi connectivity index (χ4v) is 1.77. The first kappa shape index (κ1) is 11.6. The Bertz CT molecular complexity index is 393. The van der Waals surface area contributed by atoms with Gasteiger partial charge in [-0.1, -0.05) is 11.6 Å². The molecule has 4 nitrogen and oxygen atoms in total. The predicted octanol–water partition coefficient (Wildman–Crippen LogP) is 1.93. The second kappa shape index (κ2) is 4.55. The van der Waals surface area contributed by atoms with E-state index in [4.69, 9.17) is 11.6 Å². The van der Waals surface area contributed by atoms with Crippen molar-refractivity contribution in [1.29, 1.82) is 0 Å². The van der Waals surface area contributed by atoms with Crippen molar-refractivity contribution in [2.45, 2.75) is 32.8 Å². The van der Waals surface area contributed by atoms with Gasteiger partial charge in [0.1, 0.15) is 0 Å². The molecule has 1 aromatic rings. The average molecular weight is 242 g/mol. The van der Waals surface area contributed by atoms with E-state index in [2.05, 4.69) is 15.3 Å². The van der Waals surface area contributed by atoms with Crippen LogP contribution in [0.15, 0.2) is 0 Å².